The summed E-state index contributed by atoms with van der Waals surface area (Å²) in [5.74, 6) is 1.78. The summed E-state index contributed by atoms with van der Waals surface area (Å²) in [5.41, 5.74) is 2.16. The van der Waals surface area contributed by atoms with Crippen molar-refractivity contribution in [2.45, 2.75) is 63.8 Å². The number of aromatic hydroxyl groups is 1. The first-order chi connectivity index (χ1) is 15.2. The van der Waals surface area contributed by atoms with Gasteiger partial charge in [-0.25, -0.2) is 4.99 Å². The lowest BCUT2D eigenvalue weighted by Gasteiger charge is -2.39. The number of methoxy groups -OCH3 is 1. The summed E-state index contributed by atoms with van der Waals surface area (Å²) in [6, 6.07) is 17.7. The van der Waals surface area contributed by atoms with Gasteiger partial charge in [0.25, 0.3) is 0 Å². The van der Waals surface area contributed by atoms with Gasteiger partial charge in [-0.1, -0.05) is 30.3 Å². The molecule has 0 saturated carbocycles. The molecule has 2 atom stereocenters. The summed E-state index contributed by atoms with van der Waals surface area (Å²) in [4.78, 5) is 7.44. The Morgan fingerprint density at radius 2 is 1.84 bits per heavy atom. The van der Waals surface area contributed by atoms with Crippen LogP contribution in [-0.2, 0) is 13.1 Å². The lowest BCUT2D eigenvalue weighted by atomic mass is 9.96. The summed E-state index contributed by atoms with van der Waals surface area (Å²) >= 11 is 0. The van der Waals surface area contributed by atoms with Crippen LogP contribution in [0, 0.1) is 0 Å². The molecule has 2 aromatic rings. The van der Waals surface area contributed by atoms with Crippen molar-refractivity contribution in [3.8, 4) is 11.5 Å². The molecule has 2 aromatic carbocycles. The second kappa shape index (κ2) is 11.7. The average molecular weight is 550 g/mol. The predicted molar refractivity (Wildman–Crippen MR) is 140 cm³/mol. The highest BCUT2D eigenvalue weighted by Gasteiger charge is 2.40. The van der Waals surface area contributed by atoms with Gasteiger partial charge < -0.3 is 20.5 Å². The maximum Gasteiger partial charge on any atom is 0.191 e. The Hall–Kier alpha value is -2.00. The van der Waals surface area contributed by atoms with Crippen molar-refractivity contribution in [1.29, 1.82) is 0 Å². The number of benzene rings is 2. The molecule has 0 aromatic heterocycles. The Kier molecular flexibility index (Phi) is 9.04. The van der Waals surface area contributed by atoms with Crippen LogP contribution in [0.2, 0.25) is 0 Å². The molecule has 0 aliphatic carbocycles. The van der Waals surface area contributed by atoms with Gasteiger partial charge in [-0.3, -0.25) is 4.90 Å². The van der Waals surface area contributed by atoms with Crippen molar-refractivity contribution >= 4 is 29.9 Å². The Balaban J connectivity index is 0.00000289. The maximum atomic E-state index is 10.2. The average Bonchev–Trinajstić information content (AvgIpc) is 3.01. The molecular weight excluding hydrogens is 515 g/mol. The fraction of sp³-hybridized carbons (Fsp3) is 0.480. The van der Waals surface area contributed by atoms with E-state index in [-0.39, 0.29) is 29.7 Å². The molecular formula is C25H35IN4O2. The standard InChI is InChI=1S/C25H34N4O2.HI/c1-3-26-25(27-16-19-13-23(31-2)11-12-24(19)30)28-20-14-21-9-10-22(15-20)29(21)17-18-7-5-4-6-8-18;/h4-8,11-13,20-22,30H,3,9-10,14-17H2,1-2H3,(H2,26,27,28);1H. The normalized spacial score (nSPS) is 22.8. The Labute approximate surface area is 208 Å². The van der Waals surface area contributed by atoms with Gasteiger partial charge in [-0.05, 0) is 56.4 Å². The number of rotatable bonds is 7. The second-order valence-corrected chi connectivity index (χ2v) is 8.55. The Morgan fingerprint density at radius 3 is 2.50 bits per heavy atom. The fourth-order valence-electron chi connectivity index (χ4n) is 4.94. The minimum atomic E-state index is 0. The molecule has 0 radical (unpaired) electrons. The molecule has 32 heavy (non-hydrogen) atoms. The number of fused-ring (bicyclic) bond motifs is 2. The number of phenols is 1. The zero-order valence-electron chi connectivity index (χ0n) is 19.0. The van der Waals surface area contributed by atoms with Crippen molar-refractivity contribution in [3.05, 3.63) is 59.7 Å². The number of nitrogens with one attached hydrogen (secondary N) is 2. The first-order valence-corrected chi connectivity index (χ1v) is 11.4. The largest absolute Gasteiger partial charge is 0.508 e. The number of guanidine groups is 1. The lowest BCUT2D eigenvalue weighted by molar-refractivity contribution is 0.114. The summed E-state index contributed by atoms with van der Waals surface area (Å²) in [6.07, 6.45) is 4.83. The molecule has 4 rings (SSSR count). The van der Waals surface area contributed by atoms with Crippen molar-refractivity contribution in [2.75, 3.05) is 13.7 Å². The topological polar surface area (TPSA) is 69.1 Å². The van der Waals surface area contributed by atoms with Gasteiger partial charge in [-0.15, -0.1) is 24.0 Å². The number of ether oxygens (including phenoxy) is 1. The SMILES string of the molecule is CCNC(=NCc1cc(OC)ccc1O)NC1CC2CCC(C1)N2Cc1ccccc1.I. The van der Waals surface area contributed by atoms with E-state index in [1.807, 2.05) is 6.07 Å². The van der Waals surface area contributed by atoms with Gasteiger partial charge in [0.15, 0.2) is 5.96 Å². The van der Waals surface area contributed by atoms with Gasteiger partial charge in [0.1, 0.15) is 11.5 Å². The van der Waals surface area contributed by atoms with Crippen LogP contribution in [0.4, 0.5) is 0 Å². The Bertz CT molecular complexity index is 879. The summed E-state index contributed by atoms with van der Waals surface area (Å²) in [6.45, 7) is 4.33. The molecule has 7 heteroatoms. The minimum Gasteiger partial charge on any atom is -0.508 e. The summed E-state index contributed by atoms with van der Waals surface area (Å²) in [5, 5.41) is 17.2. The summed E-state index contributed by atoms with van der Waals surface area (Å²) < 4.78 is 5.27. The third-order valence-corrected chi connectivity index (χ3v) is 6.47. The van der Waals surface area contributed by atoms with Gasteiger partial charge in [-0.2, -0.15) is 0 Å². The van der Waals surface area contributed by atoms with Crippen LogP contribution in [-0.4, -0.2) is 47.7 Å². The fourth-order valence-corrected chi connectivity index (χ4v) is 4.94. The van der Waals surface area contributed by atoms with Gasteiger partial charge in [0.05, 0.1) is 13.7 Å². The van der Waals surface area contributed by atoms with E-state index in [4.69, 9.17) is 9.73 Å². The molecule has 2 aliphatic heterocycles. The number of aliphatic imine (C=N–C) groups is 1. The molecule has 174 valence electrons. The van der Waals surface area contributed by atoms with Crippen molar-refractivity contribution in [1.82, 2.24) is 15.5 Å². The number of nitrogens with zero attached hydrogens (tertiary/aromatic N) is 2. The van der Waals surface area contributed by atoms with E-state index in [0.717, 1.165) is 43.2 Å². The minimum absolute atomic E-state index is 0. The highest BCUT2D eigenvalue weighted by atomic mass is 127. The monoisotopic (exact) mass is 550 g/mol. The van der Waals surface area contributed by atoms with Crippen LogP contribution in [0.5, 0.6) is 11.5 Å². The second-order valence-electron chi connectivity index (χ2n) is 8.55. The van der Waals surface area contributed by atoms with Crippen LogP contribution in [0.15, 0.2) is 53.5 Å². The quantitative estimate of drug-likeness (QED) is 0.273. The van der Waals surface area contributed by atoms with Crippen molar-refractivity contribution in [3.63, 3.8) is 0 Å². The van der Waals surface area contributed by atoms with Gasteiger partial charge in [0.2, 0.25) is 0 Å². The molecule has 0 spiro atoms. The highest BCUT2D eigenvalue weighted by Crippen LogP contribution is 2.36. The molecule has 2 unspecified atom stereocenters. The van der Waals surface area contributed by atoms with E-state index < -0.39 is 0 Å². The van der Waals surface area contributed by atoms with Crippen LogP contribution in [0.3, 0.4) is 0 Å². The third-order valence-electron chi connectivity index (χ3n) is 6.47. The van der Waals surface area contributed by atoms with Crippen LogP contribution in [0.25, 0.3) is 0 Å². The first-order valence-electron chi connectivity index (χ1n) is 11.4. The number of phenolic OH excluding ortho intramolecular Hbond substituents is 1. The van der Waals surface area contributed by atoms with E-state index in [0.29, 0.717) is 24.7 Å². The summed E-state index contributed by atoms with van der Waals surface area (Å²) in [7, 11) is 1.63. The smallest absolute Gasteiger partial charge is 0.191 e. The van der Waals surface area contributed by atoms with E-state index in [9.17, 15) is 5.11 Å². The maximum absolute atomic E-state index is 10.2. The third kappa shape index (κ3) is 6.07. The highest BCUT2D eigenvalue weighted by molar-refractivity contribution is 14.0. The lowest BCUT2D eigenvalue weighted by Crippen LogP contribution is -2.52. The number of piperidine rings is 1. The molecule has 3 N–H and O–H groups in total. The number of hydrogen-bond acceptors (Lipinski definition) is 4. The van der Waals surface area contributed by atoms with Crippen molar-refractivity contribution in [2.24, 2.45) is 4.99 Å². The van der Waals surface area contributed by atoms with Crippen LogP contribution < -0.4 is 15.4 Å². The van der Waals surface area contributed by atoms with Gasteiger partial charge >= 0.3 is 0 Å². The molecule has 2 fully saturated rings. The van der Waals surface area contributed by atoms with Crippen LogP contribution in [0.1, 0.15) is 43.7 Å². The zero-order valence-corrected chi connectivity index (χ0v) is 21.3. The molecule has 2 saturated heterocycles. The van der Waals surface area contributed by atoms with Crippen molar-refractivity contribution < 1.29 is 9.84 Å². The number of hydrogen-bond donors (Lipinski definition) is 3. The van der Waals surface area contributed by atoms with E-state index in [2.05, 4.69) is 52.8 Å². The van der Waals surface area contributed by atoms with Crippen LogP contribution >= 0.6 is 24.0 Å². The first kappa shape index (κ1) is 24.6. The van der Waals surface area contributed by atoms with E-state index in [1.54, 1.807) is 19.2 Å². The Morgan fingerprint density at radius 1 is 1.12 bits per heavy atom. The zero-order chi connectivity index (χ0) is 21.6. The number of halogens is 1. The molecule has 6 nitrogen and oxygen atoms in total. The van der Waals surface area contributed by atoms with Gasteiger partial charge in [0, 0.05) is 36.8 Å². The molecule has 2 bridgehead atoms. The molecule has 0 amide bonds. The van der Waals surface area contributed by atoms with E-state index in [1.165, 1.54) is 18.4 Å². The van der Waals surface area contributed by atoms with E-state index >= 15 is 0 Å². The molecule has 2 heterocycles. The molecule has 2 aliphatic rings. The predicted octanol–water partition coefficient (Wildman–Crippen LogP) is 4.27.